The van der Waals surface area contributed by atoms with Gasteiger partial charge in [-0.05, 0) is 53.4 Å². The summed E-state index contributed by atoms with van der Waals surface area (Å²) in [5, 5.41) is 0. The quantitative estimate of drug-likeness (QED) is 0.140. The van der Waals surface area contributed by atoms with E-state index in [9.17, 15) is 0 Å². The number of halogens is 2. The van der Waals surface area contributed by atoms with Crippen molar-refractivity contribution in [1.29, 1.82) is 0 Å². The number of benzene rings is 4. The third-order valence-electron chi connectivity index (χ3n) is 9.63. The summed E-state index contributed by atoms with van der Waals surface area (Å²) in [6.07, 6.45) is 19.3. The Bertz CT molecular complexity index is 1660. The van der Waals surface area contributed by atoms with Crippen LogP contribution >= 0.6 is 0 Å². The van der Waals surface area contributed by atoms with Crippen LogP contribution in [-0.2, 0) is 41.5 Å². The van der Waals surface area contributed by atoms with Crippen LogP contribution in [-0.4, -0.2) is 3.21 Å². The predicted molar refractivity (Wildman–Crippen MR) is 217 cm³/mol. The molecule has 0 spiro atoms. The van der Waals surface area contributed by atoms with E-state index in [0.717, 1.165) is 12.8 Å². The molecule has 0 N–H and O–H groups in total. The first-order valence-electron chi connectivity index (χ1n) is 18.9. The molecule has 2 aliphatic carbocycles. The van der Waals surface area contributed by atoms with E-state index in [1.54, 1.807) is 27.4 Å². The molecule has 0 bridgehead atoms. The van der Waals surface area contributed by atoms with Gasteiger partial charge < -0.3 is 24.8 Å². The second-order valence-electron chi connectivity index (χ2n) is 16.2. The summed E-state index contributed by atoms with van der Waals surface area (Å²) in [6.45, 7) is 22.8. The van der Waals surface area contributed by atoms with Gasteiger partial charge in [-0.15, -0.1) is 35.2 Å². The van der Waals surface area contributed by atoms with E-state index in [2.05, 4.69) is 154 Å². The topological polar surface area (TPSA) is 0 Å². The number of allylic oxidation sites excluding steroid dienone is 4. The molecule has 0 radical (unpaired) electrons. The molecule has 0 unspecified atom stereocenters. The summed E-state index contributed by atoms with van der Waals surface area (Å²) < 4.78 is 1.79. The van der Waals surface area contributed by atoms with Gasteiger partial charge >= 0.3 is 79.8 Å². The SMILES string of the molecule is CCCC[C](=[Zr+2])CCCC.Cc1ccc(-c2[c-]c3c(cc2C(C)(C)C)-c2cc(C(C)(C)C)c(-c4ccc(C)cc4)cc2C3)cc1.[C-]1=CC=CC1.[Cl-].[Cl-]. The molecule has 0 aromatic heterocycles. The second-order valence-corrected chi connectivity index (χ2v) is 18.0. The first kappa shape index (κ1) is 45.8. The average molecular weight is 811 g/mol. The maximum absolute atomic E-state index is 3.91. The number of hydrogen-bond donors (Lipinski definition) is 0. The average Bonchev–Trinajstić information content (AvgIpc) is 3.77. The second kappa shape index (κ2) is 21.0. The van der Waals surface area contributed by atoms with Gasteiger partial charge in [-0.25, -0.2) is 12.2 Å². The molecule has 0 fully saturated rings. The third-order valence-corrected chi connectivity index (χ3v) is 10.9. The molecule has 3 heteroatoms. The zero-order valence-electron chi connectivity index (χ0n) is 33.5. The molecule has 0 aliphatic heterocycles. The number of aryl methyl sites for hydroxylation is 2. The van der Waals surface area contributed by atoms with Crippen molar-refractivity contribution in [2.24, 2.45) is 0 Å². The van der Waals surface area contributed by atoms with Gasteiger partial charge in [0.2, 0.25) is 0 Å². The molecule has 276 valence electrons. The fourth-order valence-electron chi connectivity index (χ4n) is 6.58. The smallest absolute Gasteiger partial charge is 0.0126 e. The van der Waals surface area contributed by atoms with Crippen molar-refractivity contribution in [3.05, 3.63) is 130 Å². The van der Waals surface area contributed by atoms with E-state index in [4.69, 9.17) is 0 Å². The Morgan fingerprint density at radius 2 is 1.19 bits per heavy atom. The zero-order valence-corrected chi connectivity index (χ0v) is 37.5. The minimum atomic E-state index is 0. The summed E-state index contributed by atoms with van der Waals surface area (Å²) in [6, 6.07) is 29.2. The summed E-state index contributed by atoms with van der Waals surface area (Å²) in [7, 11) is 0. The maximum atomic E-state index is 3.91. The van der Waals surface area contributed by atoms with Crippen molar-refractivity contribution >= 4 is 3.21 Å². The first-order valence-corrected chi connectivity index (χ1v) is 20.1. The molecule has 0 amide bonds. The first-order chi connectivity index (χ1) is 23.7. The van der Waals surface area contributed by atoms with Gasteiger partial charge in [0.1, 0.15) is 0 Å². The molecule has 4 aromatic rings. The zero-order chi connectivity index (χ0) is 36.5. The van der Waals surface area contributed by atoms with E-state index in [0.29, 0.717) is 0 Å². The van der Waals surface area contributed by atoms with E-state index in [1.165, 1.54) is 105 Å². The Morgan fingerprint density at radius 3 is 1.63 bits per heavy atom. The Labute approximate surface area is 345 Å². The van der Waals surface area contributed by atoms with Crippen molar-refractivity contribution in [2.75, 3.05) is 0 Å². The minimum Gasteiger partial charge on any atom is -1.00 e. The third kappa shape index (κ3) is 12.6. The molecule has 0 heterocycles. The summed E-state index contributed by atoms with van der Waals surface area (Å²) in [4.78, 5) is 0. The molecule has 2 aliphatic rings. The van der Waals surface area contributed by atoms with Crippen LogP contribution in [0.4, 0.5) is 0 Å². The molecule has 0 nitrogen and oxygen atoms in total. The van der Waals surface area contributed by atoms with Gasteiger partial charge in [0.25, 0.3) is 0 Å². The molecule has 0 atom stereocenters. The van der Waals surface area contributed by atoms with Crippen LogP contribution in [0.5, 0.6) is 0 Å². The van der Waals surface area contributed by atoms with Gasteiger partial charge in [-0.3, -0.25) is 6.08 Å². The number of unbranched alkanes of at least 4 members (excludes halogenated alkanes) is 2. The summed E-state index contributed by atoms with van der Waals surface area (Å²) in [5.74, 6) is 0. The van der Waals surface area contributed by atoms with E-state index < -0.39 is 0 Å². The Balaban J connectivity index is 0.000000462. The maximum Gasteiger partial charge on any atom is -0.0126 e. The van der Waals surface area contributed by atoms with Crippen LogP contribution in [0.25, 0.3) is 33.4 Å². The standard InChI is InChI=1S/C35H37.C9H18.C5H5.2ClH.Zr/c1-22-9-13-24(14-10-22)30-18-26-17-27-19-31(25-15-11-23(2)12-16-25)33(35(6,7)8)21-29(27)28(26)20-32(30)34(3,4)5;1-3-5-7-9-8-6-4-2;1-2-4-5-3-1;;;/h9-16,18,20-21H,17H2,1-8H3;3-8H2,1-2H3;1-3H,4H2;2*1H;/q-1;;-1;;;+2/p-2. The normalized spacial score (nSPS) is 12.4. The number of hydrogen-bond acceptors (Lipinski definition) is 0. The van der Waals surface area contributed by atoms with E-state index >= 15 is 0 Å². The monoisotopic (exact) mass is 808 g/mol. The Morgan fingerprint density at radius 1 is 0.673 bits per heavy atom. The van der Waals surface area contributed by atoms with Crippen molar-refractivity contribution < 1.29 is 49.0 Å². The molecular formula is C49H60Cl2Zr-2. The van der Waals surface area contributed by atoms with Crippen molar-refractivity contribution in [1.82, 2.24) is 0 Å². The van der Waals surface area contributed by atoms with E-state index in [-0.39, 0.29) is 35.6 Å². The van der Waals surface area contributed by atoms with Gasteiger partial charge in [0.15, 0.2) is 0 Å². The molecule has 6 rings (SSSR count). The van der Waals surface area contributed by atoms with Crippen LogP contribution < -0.4 is 24.8 Å². The van der Waals surface area contributed by atoms with Crippen molar-refractivity contribution in [3.8, 4) is 33.4 Å². The molecule has 0 saturated carbocycles. The van der Waals surface area contributed by atoms with Crippen LogP contribution in [0.15, 0.2) is 85.0 Å². The van der Waals surface area contributed by atoms with Crippen molar-refractivity contribution in [2.45, 2.75) is 131 Å². The van der Waals surface area contributed by atoms with Crippen molar-refractivity contribution in [3.63, 3.8) is 0 Å². The van der Waals surface area contributed by atoms with Crippen LogP contribution in [0.1, 0.15) is 134 Å². The minimum absolute atomic E-state index is 0. The van der Waals surface area contributed by atoms with Crippen LogP contribution in [0.2, 0.25) is 0 Å². The summed E-state index contributed by atoms with van der Waals surface area (Å²) in [5.41, 5.74) is 16.1. The Kier molecular flexibility index (Phi) is 18.5. The van der Waals surface area contributed by atoms with Gasteiger partial charge in [0.05, 0.1) is 0 Å². The number of rotatable bonds is 8. The van der Waals surface area contributed by atoms with Crippen LogP contribution in [0, 0.1) is 26.0 Å². The van der Waals surface area contributed by atoms with Gasteiger partial charge in [-0.2, -0.15) is 6.08 Å². The molecular weight excluding hydrogens is 751 g/mol. The van der Waals surface area contributed by atoms with E-state index in [1.807, 2.05) is 12.2 Å². The largest absolute Gasteiger partial charge is 1.00 e. The number of fused-ring (bicyclic) bond motifs is 3. The Hall–Kier alpha value is -2.31. The van der Waals surface area contributed by atoms with Gasteiger partial charge in [0, 0.05) is 0 Å². The predicted octanol–water partition coefficient (Wildman–Crippen LogP) is 8.00. The summed E-state index contributed by atoms with van der Waals surface area (Å²) >= 11 is 1.67. The van der Waals surface area contributed by atoms with Crippen LogP contribution in [0.3, 0.4) is 0 Å². The molecule has 52 heavy (non-hydrogen) atoms. The van der Waals surface area contributed by atoms with Gasteiger partial charge in [-0.1, -0.05) is 130 Å². The fourth-order valence-corrected chi connectivity index (χ4v) is 7.45. The molecule has 4 aromatic carbocycles. The molecule has 0 saturated heterocycles. The fraction of sp³-hybridized carbons (Fsp3) is 0.408.